The van der Waals surface area contributed by atoms with E-state index in [0.29, 0.717) is 28.3 Å². The molecule has 0 aliphatic heterocycles. The molecule has 30 heavy (non-hydrogen) atoms. The molecule has 0 spiro atoms. The van der Waals surface area contributed by atoms with Gasteiger partial charge in [0.05, 0.1) is 5.75 Å². The molecule has 1 N–H and O–H groups in total. The number of benzene rings is 2. The number of carbonyl (C=O) groups is 1. The van der Waals surface area contributed by atoms with Gasteiger partial charge in [0.15, 0.2) is 11.0 Å². The lowest BCUT2D eigenvalue weighted by Crippen LogP contribution is -2.15. The van der Waals surface area contributed by atoms with Crippen LogP contribution in [0.1, 0.15) is 17.0 Å². The van der Waals surface area contributed by atoms with Crippen molar-refractivity contribution in [2.45, 2.75) is 32.2 Å². The zero-order chi connectivity index (χ0) is 21.5. The molecule has 1 heterocycles. The summed E-state index contributed by atoms with van der Waals surface area (Å²) >= 11 is 7.38. The number of ether oxygens (including phenoxy) is 1. The van der Waals surface area contributed by atoms with E-state index in [9.17, 15) is 4.79 Å². The Balaban J connectivity index is 1.63. The Labute approximate surface area is 185 Å². The minimum atomic E-state index is -0.100. The number of allylic oxidation sites excluding steroid dienone is 1. The number of anilines is 1. The van der Waals surface area contributed by atoms with E-state index >= 15 is 0 Å². The lowest BCUT2D eigenvalue weighted by Gasteiger charge is -2.10. The number of nitrogens with zero attached hydrogens (tertiary/aromatic N) is 3. The molecule has 6 nitrogen and oxygen atoms in total. The quantitative estimate of drug-likeness (QED) is 0.371. The number of halogens is 1. The highest BCUT2D eigenvalue weighted by Gasteiger charge is 2.14. The van der Waals surface area contributed by atoms with Gasteiger partial charge in [0.1, 0.15) is 12.4 Å². The van der Waals surface area contributed by atoms with Crippen molar-refractivity contribution in [1.29, 1.82) is 0 Å². The minimum absolute atomic E-state index is 0.100. The van der Waals surface area contributed by atoms with Crippen molar-refractivity contribution in [3.8, 4) is 5.75 Å². The van der Waals surface area contributed by atoms with Crippen molar-refractivity contribution in [1.82, 2.24) is 14.8 Å². The fourth-order valence-corrected chi connectivity index (χ4v) is 3.61. The van der Waals surface area contributed by atoms with Crippen LogP contribution in [0, 0.1) is 13.8 Å². The Morgan fingerprint density at radius 1 is 1.23 bits per heavy atom. The molecule has 0 unspecified atom stereocenters. The molecule has 0 aliphatic rings. The van der Waals surface area contributed by atoms with E-state index in [1.807, 2.05) is 54.8 Å². The SMILES string of the molecule is C=CCn1c(COc2ccc(Cl)c(C)c2)nnc1SCC(=O)Nc1ccccc1C. The van der Waals surface area contributed by atoms with Gasteiger partial charge in [-0.3, -0.25) is 9.36 Å². The van der Waals surface area contributed by atoms with E-state index in [4.69, 9.17) is 16.3 Å². The van der Waals surface area contributed by atoms with E-state index in [1.54, 1.807) is 12.1 Å². The standard InChI is InChI=1S/C22H23ClN4O2S/c1-4-11-27-20(13-29-17-9-10-18(23)16(3)12-17)25-26-22(27)30-14-21(28)24-19-8-6-5-7-15(19)2/h4-10,12H,1,11,13-14H2,2-3H3,(H,24,28). The first kappa shape index (κ1) is 21.9. The molecule has 0 fully saturated rings. The Hall–Kier alpha value is -2.77. The Morgan fingerprint density at radius 3 is 2.77 bits per heavy atom. The summed E-state index contributed by atoms with van der Waals surface area (Å²) < 4.78 is 7.73. The molecule has 8 heteroatoms. The molecule has 3 aromatic rings. The van der Waals surface area contributed by atoms with E-state index in [2.05, 4.69) is 22.1 Å². The van der Waals surface area contributed by atoms with Crippen LogP contribution in [0.2, 0.25) is 5.02 Å². The van der Waals surface area contributed by atoms with Gasteiger partial charge in [-0.05, 0) is 49.2 Å². The molecular formula is C22H23ClN4O2S. The number of amides is 1. The van der Waals surface area contributed by atoms with Gasteiger partial charge in [0.25, 0.3) is 0 Å². The predicted molar refractivity (Wildman–Crippen MR) is 121 cm³/mol. The number of nitrogens with one attached hydrogen (secondary N) is 1. The lowest BCUT2D eigenvalue weighted by molar-refractivity contribution is -0.113. The van der Waals surface area contributed by atoms with E-state index in [-0.39, 0.29) is 18.3 Å². The zero-order valence-corrected chi connectivity index (χ0v) is 18.5. The molecule has 0 saturated carbocycles. The summed E-state index contributed by atoms with van der Waals surface area (Å²) in [6, 6.07) is 13.2. The Kier molecular flexibility index (Phi) is 7.54. The van der Waals surface area contributed by atoms with Gasteiger partial charge in [-0.1, -0.05) is 47.6 Å². The summed E-state index contributed by atoms with van der Waals surface area (Å²) in [5.41, 5.74) is 2.77. The second-order valence-electron chi connectivity index (χ2n) is 6.65. The zero-order valence-electron chi connectivity index (χ0n) is 16.9. The molecule has 2 aromatic carbocycles. The summed E-state index contributed by atoms with van der Waals surface area (Å²) in [6.45, 7) is 8.45. The lowest BCUT2D eigenvalue weighted by atomic mass is 10.2. The van der Waals surface area contributed by atoms with Crippen LogP contribution < -0.4 is 10.1 Å². The van der Waals surface area contributed by atoms with Gasteiger partial charge in [0, 0.05) is 17.3 Å². The molecule has 0 saturated heterocycles. The highest BCUT2D eigenvalue weighted by Crippen LogP contribution is 2.23. The van der Waals surface area contributed by atoms with Crippen LogP contribution in [0.25, 0.3) is 0 Å². The molecule has 0 aliphatic carbocycles. The molecular weight excluding hydrogens is 420 g/mol. The molecule has 1 aromatic heterocycles. The van der Waals surface area contributed by atoms with Crippen LogP contribution in [-0.2, 0) is 17.9 Å². The second kappa shape index (κ2) is 10.3. The number of rotatable bonds is 9. The van der Waals surface area contributed by atoms with Crippen LogP contribution >= 0.6 is 23.4 Å². The van der Waals surface area contributed by atoms with Crippen molar-refractivity contribution in [2.75, 3.05) is 11.1 Å². The van der Waals surface area contributed by atoms with Crippen LogP contribution in [0.4, 0.5) is 5.69 Å². The van der Waals surface area contributed by atoms with Crippen molar-refractivity contribution in [2.24, 2.45) is 0 Å². The van der Waals surface area contributed by atoms with Crippen molar-refractivity contribution in [3.63, 3.8) is 0 Å². The summed E-state index contributed by atoms with van der Waals surface area (Å²) in [7, 11) is 0. The third kappa shape index (κ3) is 5.64. The summed E-state index contributed by atoms with van der Waals surface area (Å²) in [5.74, 6) is 1.49. The number of hydrogen-bond acceptors (Lipinski definition) is 5. The third-order valence-corrected chi connectivity index (χ3v) is 5.74. The van der Waals surface area contributed by atoms with Gasteiger partial charge >= 0.3 is 0 Å². The van der Waals surface area contributed by atoms with Crippen LogP contribution in [0.3, 0.4) is 0 Å². The van der Waals surface area contributed by atoms with Crippen molar-refractivity contribution >= 4 is 35.0 Å². The van der Waals surface area contributed by atoms with Gasteiger partial charge < -0.3 is 10.1 Å². The fourth-order valence-electron chi connectivity index (χ4n) is 2.73. The maximum atomic E-state index is 12.3. The van der Waals surface area contributed by atoms with E-state index < -0.39 is 0 Å². The second-order valence-corrected chi connectivity index (χ2v) is 8.00. The maximum absolute atomic E-state index is 12.3. The highest BCUT2D eigenvalue weighted by molar-refractivity contribution is 7.99. The highest BCUT2D eigenvalue weighted by atomic mass is 35.5. The smallest absolute Gasteiger partial charge is 0.234 e. The van der Waals surface area contributed by atoms with Crippen LogP contribution in [-0.4, -0.2) is 26.4 Å². The topological polar surface area (TPSA) is 69.0 Å². The number of aryl methyl sites for hydroxylation is 2. The summed E-state index contributed by atoms with van der Waals surface area (Å²) in [6.07, 6.45) is 1.76. The first-order valence-corrected chi connectivity index (χ1v) is 10.7. The molecule has 0 radical (unpaired) electrons. The first-order chi connectivity index (χ1) is 14.5. The molecule has 0 atom stereocenters. The Bertz CT molecular complexity index is 1050. The van der Waals surface area contributed by atoms with Gasteiger partial charge in [-0.2, -0.15) is 0 Å². The number of carbonyl (C=O) groups excluding carboxylic acids is 1. The average molecular weight is 443 g/mol. The fraction of sp³-hybridized carbons (Fsp3) is 0.227. The van der Waals surface area contributed by atoms with E-state index in [0.717, 1.165) is 16.8 Å². The van der Waals surface area contributed by atoms with Crippen LogP contribution in [0.5, 0.6) is 5.75 Å². The molecule has 1 amide bonds. The molecule has 156 valence electrons. The summed E-state index contributed by atoms with van der Waals surface area (Å²) in [4.78, 5) is 12.3. The maximum Gasteiger partial charge on any atom is 0.234 e. The number of hydrogen-bond donors (Lipinski definition) is 1. The van der Waals surface area contributed by atoms with Crippen molar-refractivity contribution < 1.29 is 9.53 Å². The minimum Gasteiger partial charge on any atom is -0.486 e. The summed E-state index contributed by atoms with van der Waals surface area (Å²) in [5, 5.41) is 12.7. The predicted octanol–water partition coefficient (Wildman–Crippen LogP) is 5.04. The molecule has 3 rings (SSSR count). The number of thioether (sulfide) groups is 1. The van der Waals surface area contributed by atoms with Gasteiger partial charge in [-0.25, -0.2) is 0 Å². The Morgan fingerprint density at radius 2 is 2.03 bits per heavy atom. The number of para-hydroxylation sites is 1. The monoisotopic (exact) mass is 442 g/mol. The average Bonchev–Trinajstić information content (AvgIpc) is 3.11. The largest absolute Gasteiger partial charge is 0.486 e. The first-order valence-electron chi connectivity index (χ1n) is 9.38. The van der Waals surface area contributed by atoms with E-state index in [1.165, 1.54) is 11.8 Å². The van der Waals surface area contributed by atoms with Gasteiger partial charge in [0.2, 0.25) is 5.91 Å². The van der Waals surface area contributed by atoms with Crippen LogP contribution in [0.15, 0.2) is 60.3 Å². The van der Waals surface area contributed by atoms with Gasteiger partial charge in [-0.15, -0.1) is 16.8 Å². The normalized spacial score (nSPS) is 10.6. The molecule has 0 bridgehead atoms. The number of aromatic nitrogens is 3. The van der Waals surface area contributed by atoms with Crippen molar-refractivity contribution in [3.05, 3.63) is 77.1 Å². The third-order valence-electron chi connectivity index (χ3n) is 4.35.